The first-order valence-corrected chi connectivity index (χ1v) is 14.4. The molecular weight excluding hydrogens is 560 g/mol. The average molecular weight is 593 g/mol. The minimum absolute atomic E-state index is 0.00901. The zero-order valence-corrected chi connectivity index (χ0v) is 24.6. The van der Waals surface area contributed by atoms with Gasteiger partial charge < -0.3 is 24.8 Å². The Morgan fingerprint density at radius 1 is 1.24 bits per heavy atom. The average Bonchev–Trinajstić information content (AvgIpc) is 3.50. The van der Waals surface area contributed by atoms with Crippen LogP contribution in [0.3, 0.4) is 0 Å². The van der Waals surface area contributed by atoms with Crippen molar-refractivity contribution < 1.29 is 19.0 Å². The van der Waals surface area contributed by atoms with Gasteiger partial charge in [0.15, 0.2) is 11.2 Å². The van der Waals surface area contributed by atoms with Crippen LogP contribution in [-0.2, 0) is 29.5 Å². The lowest BCUT2D eigenvalue weighted by atomic mass is 9.99. The molecule has 0 aliphatic carbocycles. The molecule has 1 fully saturated rings. The van der Waals surface area contributed by atoms with Crippen molar-refractivity contribution in [1.29, 1.82) is 0 Å². The van der Waals surface area contributed by atoms with E-state index in [4.69, 9.17) is 36.5 Å². The molecule has 1 saturated heterocycles. The number of rotatable bonds is 7. The number of nitrogens with two attached hydrogens (primary N) is 1. The van der Waals surface area contributed by atoms with Crippen LogP contribution in [0, 0.1) is 0 Å². The molecule has 2 atom stereocenters. The highest BCUT2D eigenvalue weighted by Crippen LogP contribution is 2.39. The van der Waals surface area contributed by atoms with Crippen LogP contribution in [0.25, 0.3) is 11.2 Å². The summed E-state index contributed by atoms with van der Waals surface area (Å²) >= 11 is 6.51. The van der Waals surface area contributed by atoms with Crippen molar-refractivity contribution in [2.45, 2.75) is 51.3 Å². The fraction of sp³-hybridized carbons (Fsp3) is 0.400. The number of imidazole rings is 1. The number of hydrogen-bond donors (Lipinski definition) is 1. The molecule has 0 amide bonds. The number of carbonyl (C=O) groups is 1. The molecule has 1 unspecified atom stereocenters. The molecule has 2 aromatic carbocycles. The molecule has 0 radical (unpaired) electrons. The number of piperidine rings is 1. The third-order valence-electron chi connectivity index (χ3n) is 7.77. The third-order valence-corrected chi connectivity index (χ3v) is 8.14. The number of nitrogens with zero attached hydrogens (tertiary/aromatic N) is 5. The summed E-state index contributed by atoms with van der Waals surface area (Å²) in [5.74, 6) is 1.12. The zero-order valence-electron chi connectivity index (χ0n) is 23.8. The SMILES string of the molecule is CCOC(=O)C1(C)Cc2ccc(Oc3nc4nc(N5CCC[C@@H](N)C5)n(Cc5ccccc5Cl)c4c(=O)n3C)cc2O1. The van der Waals surface area contributed by atoms with Gasteiger partial charge in [-0.15, -0.1) is 0 Å². The summed E-state index contributed by atoms with van der Waals surface area (Å²) in [6, 6.07) is 12.9. The van der Waals surface area contributed by atoms with Crippen LogP contribution in [-0.4, -0.2) is 56.4 Å². The highest BCUT2D eigenvalue weighted by atomic mass is 35.5. The molecule has 220 valence electrons. The fourth-order valence-corrected chi connectivity index (χ4v) is 5.78. The Labute approximate surface area is 247 Å². The number of benzene rings is 2. The van der Waals surface area contributed by atoms with E-state index in [1.165, 1.54) is 4.57 Å². The minimum Gasteiger partial charge on any atom is -0.475 e. The number of halogens is 1. The topological polar surface area (TPSA) is 127 Å². The summed E-state index contributed by atoms with van der Waals surface area (Å²) in [6.07, 6.45) is 2.24. The van der Waals surface area contributed by atoms with Crippen LogP contribution in [0.15, 0.2) is 47.3 Å². The second kappa shape index (κ2) is 11.0. The summed E-state index contributed by atoms with van der Waals surface area (Å²) in [5.41, 5.74) is 7.21. The van der Waals surface area contributed by atoms with Crippen molar-refractivity contribution in [1.82, 2.24) is 19.1 Å². The molecule has 42 heavy (non-hydrogen) atoms. The van der Waals surface area contributed by atoms with Gasteiger partial charge in [-0.3, -0.25) is 13.9 Å². The number of anilines is 1. The van der Waals surface area contributed by atoms with Crippen LogP contribution < -0.4 is 25.7 Å². The Morgan fingerprint density at radius 2 is 2.05 bits per heavy atom. The van der Waals surface area contributed by atoms with Crippen LogP contribution in [0.1, 0.15) is 37.8 Å². The quantitative estimate of drug-likeness (QED) is 0.319. The lowest BCUT2D eigenvalue weighted by Gasteiger charge is -2.31. The normalized spacial score (nSPS) is 19.9. The number of hydrogen-bond acceptors (Lipinski definition) is 9. The first-order valence-electron chi connectivity index (χ1n) is 14.0. The molecule has 4 heterocycles. The van der Waals surface area contributed by atoms with Gasteiger partial charge in [-0.1, -0.05) is 35.9 Å². The Kier molecular flexibility index (Phi) is 7.32. The first kappa shape index (κ1) is 28.0. The van der Waals surface area contributed by atoms with Crippen LogP contribution >= 0.6 is 11.6 Å². The van der Waals surface area contributed by atoms with Crippen molar-refractivity contribution in [2.24, 2.45) is 12.8 Å². The molecule has 0 spiro atoms. The maximum absolute atomic E-state index is 13.8. The molecular formula is C30H33ClN6O5. The van der Waals surface area contributed by atoms with Crippen LogP contribution in [0.2, 0.25) is 5.02 Å². The van der Waals surface area contributed by atoms with Crippen LogP contribution in [0.5, 0.6) is 17.5 Å². The molecule has 4 aromatic rings. The van der Waals surface area contributed by atoms with Gasteiger partial charge in [0.05, 0.1) is 13.2 Å². The van der Waals surface area contributed by atoms with E-state index in [0.717, 1.165) is 30.5 Å². The van der Waals surface area contributed by atoms with Gasteiger partial charge in [0, 0.05) is 43.7 Å². The van der Waals surface area contributed by atoms with Gasteiger partial charge in [0.2, 0.25) is 11.5 Å². The summed E-state index contributed by atoms with van der Waals surface area (Å²) in [5, 5.41) is 0.600. The van der Waals surface area contributed by atoms with Crippen molar-refractivity contribution in [2.75, 3.05) is 24.6 Å². The highest BCUT2D eigenvalue weighted by Gasteiger charge is 2.43. The zero-order chi connectivity index (χ0) is 29.6. The van der Waals surface area contributed by atoms with Gasteiger partial charge in [0.1, 0.15) is 11.5 Å². The molecule has 6 rings (SSSR count). The summed E-state index contributed by atoms with van der Waals surface area (Å²) in [4.78, 5) is 37.9. The van der Waals surface area contributed by atoms with Crippen molar-refractivity contribution in [3.05, 3.63) is 69.0 Å². The third kappa shape index (κ3) is 5.07. The molecule has 2 aliphatic rings. The highest BCUT2D eigenvalue weighted by molar-refractivity contribution is 6.31. The van der Waals surface area contributed by atoms with Gasteiger partial charge in [-0.25, -0.2) is 4.79 Å². The van der Waals surface area contributed by atoms with E-state index in [2.05, 4.69) is 9.88 Å². The van der Waals surface area contributed by atoms with Crippen molar-refractivity contribution in [3.63, 3.8) is 0 Å². The fourth-order valence-electron chi connectivity index (χ4n) is 5.58. The standard InChI is InChI=1S/C30H33ClN6O5/c1-4-40-27(39)30(2)15-18-11-12-21(14-23(18)42-30)41-29-34-25-24(26(38)35(29)3)37(16-19-8-5-6-10-22(19)31)28(33-25)36-13-7-9-20(32)17-36/h5-6,8,10-12,14,20H,4,7,9,13,15-17,32H2,1-3H3/t20-,30?/m1/s1. The Morgan fingerprint density at radius 3 is 2.81 bits per heavy atom. The van der Waals surface area contributed by atoms with E-state index >= 15 is 0 Å². The number of carbonyl (C=O) groups excluding carboxylic acids is 1. The molecule has 2 N–H and O–H groups in total. The largest absolute Gasteiger partial charge is 0.475 e. The molecule has 0 saturated carbocycles. The second-order valence-electron chi connectivity index (χ2n) is 11.0. The molecule has 2 aromatic heterocycles. The molecule has 2 aliphatic heterocycles. The summed E-state index contributed by atoms with van der Waals surface area (Å²) < 4.78 is 20.5. The summed E-state index contributed by atoms with van der Waals surface area (Å²) in [7, 11) is 1.61. The number of fused-ring (bicyclic) bond motifs is 2. The van der Waals surface area contributed by atoms with E-state index in [0.29, 0.717) is 47.5 Å². The van der Waals surface area contributed by atoms with E-state index in [1.807, 2.05) is 34.9 Å². The Bertz CT molecular complexity index is 1740. The predicted molar refractivity (Wildman–Crippen MR) is 159 cm³/mol. The van der Waals surface area contributed by atoms with Crippen molar-refractivity contribution in [3.8, 4) is 17.5 Å². The van der Waals surface area contributed by atoms with E-state index in [-0.39, 0.29) is 29.9 Å². The lowest BCUT2D eigenvalue weighted by Crippen LogP contribution is -2.44. The van der Waals surface area contributed by atoms with E-state index in [1.54, 1.807) is 33.0 Å². The monoisotopic (exact) mass is 592 g/mol. The smallest absolute Gasteiger partial charge is 0.350 e. The predicted octanol–water partition coefficient (Wildman–Crippen LogP) is 3.81. The Balaban J connectivity index is 1.37. The van der Waals surface area contributed by atoms with Gasteiger partial charge in [0.25, 0.3) is 5.56 Å². The number of ether oxygens (including phenoxy) is 3. The first-order chi connectivity index (χ1) is 20.2. The second-order valence-corrected chi connectivity index (χ2v) is 11.4. The summed E-state index contributed by atoms with van der Waals surface area (Å²) in [6.45, 7) is 5.46. The number of esters is 1. The molecule has 0 bridgehead atoms. The molecule has 11 nitrogen and oxygen atoms in total. The van der Waals surface area contributed by atoms with Gasteiger partial charge >= 0.3 is 12.0 Å². The lowest BCUT2D eigenvalue weighted by molar-refractivity contribution is -0.158. The molecule has 12 heteroatoms. The maximum Gasteiger partial charge on any atom is 0.350 e. The van der Waals surface area contributed by atoms with Crippen LogP contribution in [0.4, 0.5) is 5.95 Å². The Hall–Kier alpha value is -4.09. The minimum atomic E-state index is -1.11. The number of aromatic nitrogens is 4. The van der Waals surface area contributed by atoms with E-state index < -0.39 is 11.6 Å². The maximum atomic E-state index is 13.8. The van der Waals surface area contributed by atoms with Gasteiger partial charge in [-0.05, 0) is 49.9 Å². The van der Waals surface area contributed by atoms with Gasteiger partial charge in [-0.2, -0.15) is 9.97 Å². The van der Waals surface area contributed by atoms with E-state index in [9.17, 15) is 9.59 Å². The van der Waals surface area contributed by atoms with Crippen molar-refractivity contribution >= 4 is 34.7 Å².